The molecular weight excluding hydrogens is 241 g/mol. The van der Waals surface area contributed by atoms with Crippen molar-refractivity contribution in [3.8, 4) is 0 Å². The summed E-state index contributed by atoms with van der Waals surface area (Å²) in [5.41, 5.74) is 7.68. The fourth-order valence-corrected chi connectivity index (χ4v) is 2.02. The highest BCUT2D eigenvalue weighted by Gasteiger charge is 2.14. The van der Waals surface area contributed by atoms with Gasteiger partial charge in [-0.1, -0.05) is 11.6 Å². The zero-order valence-electron chi connectivity index (χ0n) is 9.41. The van der Waals surface area contributed by atoms with Gasteiger partial charge >= 0.3 is 0 Å². The fourth-order valence-electron chi connectivity index (χ4n) is 1.83. The van der Waals surface area contributed by atoms with E-state index in [0.29, 0.717) is 17.0 Å². The maximum Gasteiger partial charge on any atom is 0.123 e. The number of benzene rings is 1. The van der Waals surface area contributed by atoms with Gasteiger partial charge in [0.2, 0.25) is 0 Å². The Morgan fingerprint density at radius 3 is 2.82 bits per heavy atom. The lowest BCUT2D eigenvalue weighted by molar-refractivity contribution is 0.523. The third-order valence-corrected chi connectivity index (χ3v) is 3.11. The van der Waals surface area contributed by atoms with Crippen molar-refractivity contribution in [1.29, 1.82) is 0 Å². The van der Waals surface area contributed by atoms with Gasteiger partial charge in [-0.15, -0.1) is 0 Å². The van der Waals surface area contributed by atoms with Crippen LogP contribution < -0.4 is 5.73 Å². The van der Waals surface area contributed by atoms with Crippen LogP contribution in [0.5, 0.6) is 0 Å². The van der Waals surface area contributed by atoms with Gasteiger partial charge in [-0.05, 0) is 43.2 Å². The highest BCUT2D eigenvalue weighted by Crippen LogP contribution is 2.25. The maximum absolute atomic E-state index is 13.1. The molecule has 1 atom stereocenters. The van der Waals surface area contributed by atoms with Crippen LogP contribution in [0.15, 0.2) is 34.9 Å². The molecule has 0 amide bonds. The quantitative estimate of drug-likeness (QED) is 0.907. The van der Waals surface area contributed by atoms with Crippen molar-refractivity contribution >= 4 is 11.6 Å². The van der Waals surface area contributed by atoms with Crippen LogP contribution in [0.2, 0.25) is 5.02 Å². The Morgan fingerprint density at radius 1 is 1.41 bits per heavy atom. The molecule has 17 heavy (non-hydrogen) atoms. The Kier molecular flexibility index (Phi) is 3.50. The van der Waals surface area contributed by atoms with Crippen molar-refractivity contribution in [2.45, 2.75) is 19.4 Å². The van der Waals surface area contributed by atoms with E-state index in [1.54, 1.807) is 12.3 Å². The number of rotatable bonds is 3. The van der Waals surface area contributed by atoms with Crippen molar-refractivity contribution < 1.29 is 8.81 Å². The summed E-state index contributed by atoms with van der Waals surface area (Å²) >= 11 is 6.00. The summed E-state index contributed by atoms with van der Waals surface area (Å²) in [5.74, 6) is 0.477. The average molecular weight is 254 g/mol. The van der Waals surface area contributed by atoms with Crippen molar-refractivity contribution in [3.05, 3.63) is 58.3 Å². The number of aryl methyl sites for hydroxylation is 1. The molecule has 1 aromatic carbocycles. The maximum atomic E-state index is 13.1. The lowest BCUT2D eigenvalue weighted by atomic mass is 10.0. The average Bonchev–Trinajstić information content (AvgIpc) is 2.70. The van der Waals surface area contributed by atoms with E-state index in [2.05, 4.69) is 0 Å². The standard InChI is InChI=1S/C13H13ClFNO/c1-8-11(4-5-17-8)13(16)7-9-6-10(15)2-3-12(9)14/h2-6,13H,7,16H2,1H3. The SMILES string of the molecule is Cc1occc1C(N)Cc1cc(F)ccc1Cl. The summed E-state index contributed by atoms with van der Waals surface area (Å²) in [6.07, 6.45) is 2.08. The van der Waals surface area contributed by atoms with Crippen molar-refractivity contribution in [2.24, 2.45) is 5.73 Å². The van der Waals surface area contributed by atoms with Crippen molar-refractivity contribution in [1.82, 2.24) is 0 Å². The molecule has 1 aromatic heterocycles. The second-order valence-electron chi connectivity index (χ2n) is 3.98. The highest BCUT2D eigenvalue weighted by molar-refractivity contribution is 6.31. The smallest absolute Gasteiger partial charge is 0.123 e. The van der Waals surface area contributed by atoms with Gasteiger partial charge in [0.25, 0.3) is 0 Å². The molecule has 0 spiro atoms. The second-order valence-corrected chi connectivity index (χ2v) is 4.39. The molecule has 2 aromatic rings. The van der Waals surface area contributed by atoms with E-state index in [1.165, 1.54) is 12.1 Å². The molecule has 2 N–H and O–H groups in total. The molecule has 0 saturated carbocycles. The minimum Gasteiger partial charge on any atom is -0.469 e. The number of furan rings is 1. The van der Waals surface area contributed by atoms with E-state index in [9.17, 15) is 4.39 Å². The van der Waals surface area contributed by atoms with Gasteiger partial charge < -0.3 is 10.2 Å². The first-order chi connectivity index (χ1) is 8.08. The van der Waals surface area contributed by atoms with Crippen molar-refractivity contribution in [3.63, 3.8) is 0 Å². The summed E-state index contributed by atoms with van der Waals surface area (Å²) in [6.45, 7) is 1.85. The molecule has 90 valence electrons. The van der Waals surface area contributed by atoms with Crippen LogP contribution in [0.4, 0.5) is 4.39 Å². The van der Waals surface area contributed by atoms with Crippen LogP contribution in [0.3, 0.4) is 0 Å². The van der Waals surface area contributed by atoms with Crippen LogP contribution in [-0.2, 0) is 6.42 Å². The Morgan fingerprint density at radius 2 is 2.18 bits per heavy atom. The minimum atomic E-state index is -0.305. The number of nitrogens with two attached hydrogens (primary N) is 1. The molecule has 0 aliphatic carbocycles. The molecule has 0 bridgehead atoms. The number of halogens is 2. The predicted molar refractivity (Wildman–Crippen MR) is 65.5 cm³/mol. The largest absolute Gasteiger partial charge is 0.469 e. The normalized spacial score (nSPS) is 12.7. The van der Waals surface area contributed by atoms with Gasteiger partial charge in [0.05, 0.1) is 6.26 Å². The molecule has 4 heteroatoms. The van der Waals surface area contributed by atoms with Gasteiger partial charge in [0, 0.05) is 16.6 Å². The molecule has 2 rings (SSSR count). The molecular formula is C13H13ClFNO. The molecule has 0 radical (unpaired) electrons. The van der Waals surface area contributed by atoms with Gasteiger partial charge in [0.15, 0.2) is 0 Å². The summed E-state index contributed by atoms with van der Waals surface area (Å²) in [7, 11) is 0. The van der Waals surface area contributed by atoms with Gasteiger partial charge in [0.1, 0.15) is 11.6 Å². The lowest BCUT2D eigenvalue weighted by Crippen LogP contribution is -2.14. The molecule has 2 nitrogen and oxygen atoms in total. The minimum absolute atomic E-state index is 0.243. The first-order valence-electron chi connectivity index (χ1n) is 5.31. The van der Waals surface area contributed by atoms with E-state index in [1.807, 2.05) is 13.0 Å². The highest BCUT2D eigenvalue weighted by atomic mass is 35.5. The molecule has 1 unspecified atom stereocenters. The van der Waals surface area contributed by atoms with Crippen molar-refractivity contribution in [2.75, 3.05) is 0 Å². The van der Waals surface area contributed by atoms with E-state index < -0.39 is 0 Å². The van der Waals surface area contributed by atoms with Gasteiger partial charge in [-0.25, -0.2) is 4.39 Å². The van der Waals surface area contributed by atoms with E-state index in [4.69, 9.17) is 21.8 Å². The van der Waals surface area contributed by atoms with E-state index >= 15 is 0 Å². The van der Waals surface area contributed by atoms with Crippen LogP contribution in [0.25, 0.3) is 0 Å². The third-order valence-electron chi connectivity index (χ3n) is 2.75. The van der Waals surface area contributed by atoms with E-state index in [0.717, 1.165) is 11.3 Å². The topological polar surface area (TPSA) is 39.2 Å². The Balaban J connectivity index is 2.21. The van der Waals surface area contributed by atoms with Crippen LogP contribution in [0, 0.1) is 12.7 Å². The molecule has 0 aliphatic rings. The predicted octanol–water partition coefficient (Wildman–Crippen LogP) is 3.62. The Bertz CT molecular complexity index is 524. The Labute approximate surface area is 104 Å². The van der Waals surface area contributed by atoms with Crippen LogP contribution in [-0.4, -0.2) is 0 Å². The summed E-state index contributed by atoms with van der Waals surface area (Å²) in [5, 5.41) is 0.531. The molecule has 0 fully saturated rings. The second kappa shape index (κ2) is 4.90. The summed E-state index contributed by atoms with van der Waals surface area (Å²) < 4.78 is 18.3. The first-order valence-corrected chi connectivity index (χ1v) is 5.69. The molecule has 0 aliphatic heterocycles. The first kappa shape index (κ1) is 12.1. The zero-order valence-corrected chi connectivity index (χ0v) is 10.2. The lowest BCUT2D eigenvalue weighted by Gasteiger charge is -2.12. The number of hydrogen-bond donors (Lipinski definition) is 1. The Hall–Kier alpha value is -1.32. The molecule has 1 heterocycles. The van der Waals surface area contributed by atoms with Gasteiger partial charge in [-0.2, -0.15) is 0 Å². The summed E-state index contributed by atoms with van der Waals surface area (Å²) in [4.78, 5) is 0. The molecule has 0 saturated heterocycles. The third kappa shape index (κ3) is 2.68. The van der Waals surface area contributed by atoms with Crippen LogP contribution >= 0.6 is 11.6 Å². The van der Waals surface area contributed by atoms with E-state index in [-0.39, 0.29) is 11.9 Å². The number of hydrogen-bond acceptors (Lipinski definition) is 2. The van der Waals surface area contributed by atoms with Crippen LogP contribution in [0.1, 0.15) is 22.9 Å². The monoisotopic (exact) mass is 253 g/mol. The fraction of sp³-hybridized carbons (Fsp3) is 0.231. The van der Waals surface area contributed by atoms with Gasteiger partial charge in [-0.3, -0.25) is 0 Å². The summed E-state index contributed by atoms with van der Waals surface area (Å²) in [6, 6.07) is 5.87. The zero-order chi connectivity index (χ0) is 12.4.